The molecule has 0 radical (unpaired) electrons. The van der Waals surface area contributed by atoms with Crippen LogP contribution in [0.5, 0.6) is 0 Å². The zero-order valence-corrected chi connectivity index (χ0v) is 18.9. The number of hydrogen-bond donors (Lipinski definition) is 3. The molecule has 1 saturated heterocycles. The van der Waals surface area contributed by atoms with Gasteiger partial charge in [-0.1, -0.05) is 42.1 Å². The second-order valence-electron chi connectivity index (χ2n) is 7.32. The van der Waals surface area contributed by atoms with E-state index >= 15 is 0 Å². The second kappa shape index (κ2) is 8.96. The van der Waals surface area contributed by atoms with Crippen molar-refractivity contribution in [1.29, 1.82) is 0 Å². The van der Waals surface area contributed by atoms with Crippen LogP contribution in [0.4, 0.5) is 0 Å². The maximum Gasteiger partial charge on any atom is 0.352 e. The number of β-lactam (4-membered cyclic amide) rings is 1. The Morgan fingerprint density at radius 1 is 1.34 bits per heavy atom. The van der Waals surface area contributed by atoms with Gasteiger partial charge >= 0.3 is 5.97 Å². The summed E-state index contributed by atoms with van der Waals surface area (Å²) in [5.74, 6) is -1.04. The molecule has 1 fully saturated rings. The lowest BCUT2D eigenvalue weighted by molar-refractivity contribution is -0.151. The number of nitrogens with one attached hydrogen (secondary N) is 1. The van der Waals surface area contributed by atoms with Gasteiger partial charge in [0.25, 0.3) is 11.8 Å². The standard InChI is InChI=1S/C20H21N5O5S2/c1-10-21-20(24(2)23-10)32-9-12-8-31-18-13(17(28)25(18)14(12)19(29)30)22-16(27)15(26)11-6-4-3-5-7-11/h3-7,13,15,18,26H,8-9H2,1-2H3,(H,22,27)(H,29,30)/t13?,15?,18-/m1/s1. The number of thioether (sulfide) groups is 2. The number of aryl methyl sites for hydroxylation is 2. The monoisotopic (exact) mass is 475 g/mol. The molecule has 32 heavy (non-hydrogen) atoms. The van der Waals surface area contributed by atoms with Crippen molar-refractivity contribution in [2.24, 2.45) is 7.05 Å². The van der Waals surface area contributed by atoms with Gasteiger partial charge in [-0.15, -0.1) is 11.8 Å². The minimum Gasteiger partial charge on any atom is -0.477 e. The van der Waals surface area contributed by atoms with Gasteiger partial charge in [-0.25, -0.2) is 14.5 Å². The van der Waals surface area contributed by atoms with Crippen LogP contribution in [-0.2, 0) is 21.4 Å². The Labute approximate surface area is 192 Å². The molecular weight excluding hydrogens is 454 g/mol. The van der Waals surface area contributed by atoms with Crippen LogP contribution in [0.1, 0.15) is 17.5 Å². The van der Waals surface area contributed by atoms with Gasteiger partial charge in [-0.3, -0.25) is 14.5 Å². The quantitative estimate of drug-likeness (QED) is 0.390. The summed E-state index contributed by atoms with van der Waals surface area (Å²) in [7, 11) is 1.76. The molecule has 1 aromatic carbocycles. The summed E-state index contributed by atoms with van der Waals surface area (Å²) in [6.07, 6.45) is -1.41. The first kappa shape index (κ1) is 22.4. The molecule has 0 bridgehead atoms. The van der Waals surface area contributed by atoms with E-state index in [4.69, 9.17) is 0 Å². The highest BCUT2D eigenvalue weighted by Crippen LogP contribution is 2.41. The highest BCUT2D eigenvalue weighted by atomic mass is 32.2. The number of carboxylic acid groups (broad SMARTS) is 1. The molecule has 4 rings (SSSR count). The molecule has 2 aliphatic heterocycles. The molecule has 3 N–H and O–H groups in total. The topological polar surface area (TPSA) is 138 Å². The van der Waals surface area contributed by atoms with Crippen molar-refractivity contribution in [2.45, 2.75) is 29.6 Å². The number of aliphatic hydroxyl groups is 1. The minimum atomic E-state index is -1.41. The number of carbonyl (C=O) groups excluding carboxylic acids is 2. The van der Waals surface area contributed by atoms with E-state index in [1.165, 1.54) is 28.4 Å². The number of aliphatic carboxylic acids is 1. The van der Waals surface area contributed by atoms with Crippen molar-refractivity contribution in [2.75, 3.05) is 11.5 Å². The first-order valence-corrected chi connectivity index (χ1v) is 11.7. The predicted molar refractivity (Wildman–Crippen MR) is 118 cm³/mol. The Bertz CT molecular complexity index is 1100. The molecule has 2 aromatic rings. The van der Waals surface area contributed by atoms with Gasteiger partial charge in [0.15, 0.2) is 11.3 Å². The molecule has 0 spiro atoms. The lowest BCUT2D eigenvalue weighted by atomic mass is 10.0. The molecule has 3 atom stereocenters. The molecule has 3 heterocycles. The molecule has 2 amide bonds. The van der Waals surface area contributed by atoms with Crippen molar-refractivity contribution >= 4 is 41.3 Å². The summed E-state index contributed by atoms with van der Waals surface area (Å²) in [6, 6.07) is 7.50. The zero-order valence-electron chi connectivity index (χ0n) is 17.3. The van der Waals surface area contributed by atoms with Gasteiger partial charge in [0.2, 0.25) is 0 Å². The summed E-state index contributed by atoms with van der Waals surface area (Å²) >= 11 is 2.73. The number of hydrogen-bond acceptors (Lipinski definition) is 8. The summed E-state index contributed by atoms with van der Waals surface area (Å²) in [5.41, 5.74) is 0.959. The maximum atomic E-state index is 12.8. The van der Waals surface area contributed by atoms with Crippen LogP contribution in [0, 0.1) is 6.92 Å². The molecular formula is C20H21N5O5S2. The molecule has 0 aliphatic carbocycles. The Kier molecular flexibility index (Phi) is 6.26. The van der Waals surface area contributed by atoms with E-state index in [0.717, 1.165) is 0 Å². The first-order valence-electron chi connectivity index (χ1n) is 9.71. The lowest BCUT2D eigenvalue weighted by Gasteiger charge is -2.49. The van der Waals surface area contributed by atoms with E-state index in [9.17, 15) is 24.6 Å². The van der Waals surface area contributed by atoms with E-state index < -0.39 is 35.3 Å². The highest BCUT2D eigenvalue weighted by Gasteiger charge is 2.54. The fourth-order valence-corrected chi connectivity index (χ4v) is 6.03. The first-order chi connectivity index (χ1) is 15.3. The average Bonchev–Trinajstić information content (AvgIpc) is 3.11. The van der Waals surface area contributed by atoms with E-state index in [1.807, 2.05) is 0 Å². The van der Waals surface area contributed by atoms with Gasteiger partial charge < -0.3 is 15.5 Å². The fraction of sp³-hybridized carbons (Fsp3) is 0.350. The smallest absolute Gasteiger partial charge is 0.352 e. The number of amides is 2. The molecule has 10 nitrogen and oxygen atoms in total. The number of carboxylic acids is 1. The van der Waals surface area contributed by atoms with Crippen molar-refractivity contribution in [3.8, 4) is 0 Å². The van der Waals surface area contributed by atoms with E-state index in [2.05, 4.69) is 15.4 Å². The Morgan fingerprint density at radius 2 is 2.06 bits per heavy atom. The largest absolute Gasteiger partial charge is 0.477 e. The van der Waals surface area contributed by atoms with Gasteiger partial charge in [0.1, 0.15) is 22.9 Å². The number of benzene rings is 1. The minimum absolute atomic E-state index is 0.0563. The zero-order chi connectivity index (χ0) is 23.0. The van der Waals surface area contributed by atoms with Crippen molar-refractivity contribution in [1.82, 2.24) is 25.0 Å². The van der Waals surface area contributed by atoms with Gasteiger partial charge in [-0.05, 0) is 18.1 Å². The summed E-state index contributed by atoms with van der Waals surface area (Å²) in [4.78, 5) is 42.7. The third kappa shape index (κ3) is 4.12. The molecule has 2 unspecified atom stereocenters. The van der Waals surface area contributed by atoms with Crippen LogP contribution in [0.25, 0.3) is 0 Å². The van der Waals surface area contributed by atoms with Crippen molar-refractivity contribution in [3.63, 3.8) is 0 Å². The summed E-state index contributed by atoms with van der Waals surface area (Å²) in [5, 5.41) is 26.9. The van der Waals surface area contributed by atoms with Crippen LogP contribution >= 0.6 is 23.5 Å². The third-order valence-corrected chi connectivity index (χ3v) is 7.56. The van der Waals surface area contributed by atoms with Crippen molar-refractivity contribution in [3.05, 3.63) is 53.0 Å². The van der Waals surface area contributed by atoms with Crippen molar-refractivity contribution < 1.29 is 24.6 Å². The van der Waals surface area contributed by atoms with E-state index in [-0.39, 0.29) is 5.70 Å². The summed E-state index contributed by atoms with van der Waals surface area (Å²) in [6.45, 7) is 1.77. The van der Waals surface area contributed by atoms with Crippen LogP contribution in [0.2, 0.25) is 0 Å². The number of carbonyl (C=O) groups is 3. The number of nitrogens with zero attached hydrogens (tertiary/aromatic N) is 4. The molecule has 168 valence electrons. The van der Waals surface area contributed by atoms with Crippen LogP contribution < -0.4 is 5.32 Å². The van der Waals surface area contributed by atoms with Gasteiger partial charge in [0.05, 0.1) is 0 Å². The van der Waals surface area contributed by atoms with Crippen LogP contribution in [0.15, 0.2) is 46.8 Å². The average molecular weight is 476 g/mol. The fourth-order valence-electron chi connectivity index (χ4n) is 3.58. The second-order valence-corrected chi connectivity index (χ2v) is 9.37. The molecule has 0 saturated carbocycles. The number of fused-ring (bicyclic) bond motifs is 1. The normalized spacial score (nSPS) is 21.1. The van der Waals surface area contributed by atoms with Gasteiger partial charge in [-0.2, -0.15) is 5.10 Å². The van der Waals surface area contributed by atoms with Crippen LogP contribution in [-0.4, -0.2) is 70.6 Å². The third-order valence-electron chi connectivity index (χ3n) is 5.12. The predicted octanol–water partition coefficient (Wildman–Crippen LogP) is 0.688. The number of aliphatic hydroxyl groups excluding tert-OH is 1. The van der Waals surface area contributed by atoms with Crippen LogP contribution in [0.3, 0.4) is 0 Å². The summed E-state index contributed by atoms with van der Waals surface area (Å²) < 4.78 is 1.62. The SMILES string of the molecule is Cc1nc(SCC2=C(C(=O)O)N3C(=O)C(NC(=O)C(O)c4ccccc4)[C@H]3SC2)n(C)n1. The molecule has 2 aliphatic rings. The van der Waals surface area contributed by atoms with Gasteiger partial charge in [0, 0.05) is 18.6 Å². The Hall–Kier alpha value is -2.83. The number of aromatic nitrogens is 3. The van der Waals surface area contributed by atoms with E-state index in [1.54, 1.807) is 49.0 Å². The molecule has 1 aromatic heterocycles. The molecule has 12 heteroatoms. The lowest BCUT2D eigenvalue weighted by Crippen LogP contribution is -2.70. The highest BCUT2D eigenvalue weighted by molar-refractivity contribution is 8.01. The Morgan fingerprint density at radius 3 is 2.69 bits per heavy atom. The Balaban J connectivity index is 1.46. The maximum absolute atomic E-state index is 12.8. The number of rotatable bonds is 7. The van der Waals surface area contributed by atoms with E-state index in [0.29, 0.717) is 33.6 Å².